The molecule has 0 saturated heterocycles. The van der Waals surface area contributed by atoms with Crippen LogP contribution in [0, 0.1) is 0 Å². The van der Waals surface area contributed by atoms with Crippen LogP contribution in [0.4, 0.5) is 0 Å². The van der Waals surface area contributed by atoms with Gasteiger partial charge in [-0.05, 0) is 35.7 Å². The van der Waals surface area contributed by atoms with Gasteiger partial charge < -0.3 is 14.2 Å². The largest absolute Gasteiger partial charge is 0.466 e. The molecule has 0 spiro atoms. The maximum Gasteiger partial charge on any atom is 0.307 e. The predicted octanol–water partition coefficient (Wildman–Crippen LogP) is 4.79. The molecule has 0 aliphatic carbocycles. The molecule has 4 rings (SSSR count). The SMILES string of the molecule is CCOC(=O)CC(NC(c1ccccc1)c1ccccc1)c1ccc2c(c1)OCO2. The van der Waals surface area contributed by atoms with Gasteiger partial charge in [-0.2, -0.15) is 0 Å². The quantitative estimate of drug-likeness (QED) is 0.548. The number of carbonyl (C=O) groups excluding carboxylic acids is 1. The van der Waals surface area contributed by atoms with E-state index < -0.39 is 0 Å². The van der Waals surface area contributed by atoms with E-state index in [-0.39, 0.29) is 31.3 Å². The molecule has 0 radical (unpaired) electrons. The topological polar surface area (TPSA) is 56.8 Å². The van der Waals surface area contributed by atoms with Gasteiger partial charge in [-0.15, -0.1) is 0 Å². The Morgan fingerprint density at radius 2 is 1.53 bits per heavy atom. The molecule has 0 fully saturated rings. The van der Waals surface area contributed by atoms with Crippen molar-refractivity contribution < 1.29 is 19.0 Å². The zero-order valence-electron chi connectivity index (χ0n) is 16.9. The monoisotopic (exact) mass is 403 g/mol. The standard InChI is InChI=1S/C25H25NO4/c1-2-28-24(27)16-21(20-13-14-22-23(15-20)30-17-29-22)26-25(18-9-5-3-6-10-18)19-11-7-4-8-12-19/h3-15,21,25-26H,2,16-17H2,1H3. The smallest absolute Gasteiger partial charge is 0.307 e. The summed E-state index contributed by atoms with van der Waals surface area (Å²) in [5.74, 6) is 1.17. The minimum atomic E-state index is -0.260. The molecule has 154 valence electrons. The Labute approximate surface area is 176 Å². The number of benzene rings is 3. The highest BCUT2D eigenvalue weighted by Gasteiger charge is 2.25. The van der Waals surface area contributed by atoms with Crippen LogP contribution in [0.25, 0.3) is 0 Å². The second-order valence-electron chi connectivity index (χ2n) is 7.10. The fraction of sp³-hybridized carbons (Fsp3) is 0.240. The highest BCUT2D eigenvalue weighted by Crippen LogP contribution is 2.36. The molecule has 5 nitrogen and oxygen atoms in total. The maximum absolute atomic E-state index is 12.4. The van der Waals surface area contributed by atoms with Crippen LogP contribution in [-0.4, -0.2) is 19.4 Å². The van der Waals surface area contributed by atoms with Crippen molar-refractivity contribution in [2.45, 2.75) is 25.4 Å². The predicted molar refractivity (Wildman–Crippen MR) is 114 cm³/mol. The third-order valence-corrected chi connectivity index (χ3v) is 5.11. The Morgan fingerprint density at radius 1 is 0.900 bits per heavy atom. The molecule has 0 saturated carbocycles. The number of hydrogen-bond acceptors (Lipinski definition) is 5. The zero-order chi connectivity index (χ0) is 20.8. The molecule has 1 aliphatic heterocycles. The van der Waals surface area contributed by atoms with E-state index in [0.29, 0.717) is 12.4 Å². The van der Waals surface area contributed by atoms with Crippen LogP contribution in [0.1, 0.15) is 42.1 Å². The van der Waals surface area contributed by atoms with Crippen molar-refractivity contribution in [3.63, 3.8) is 0 Å². The van der Waals surface area contributed by atoms with Crippen LogP contribution < -0.4 is 14.8 Å². The van der Waals surface area contributed by atoms with Gasteiger partial charge in [-0.3, -0.25) is 10.1 Å². The molecule has 0 aromatic heterocycles. The van der Waals surface area contributed by atoms with E-state index in [4.69, 9.17) is 14.2 Å². The fourth-order valence-electron chi connectivity index (χ4n) is 3.67. The summed E-state index contributed by atoms with van der Waals surface area (Å²) in [4.78, 5) is 12.4. The van der Waals surface area contributed by atoms with Gasteiger partial charge in [0.2, 0.25) is 6.79 Å². The van der Waals surface area contributed by atoms with Crippen molar-refractivity contribution in [1.82, 2.24) is 5.32 Å². The second-order valence-corrected chi connectivity index (χ2v) is 7.10. The molecule has 1 unspecified atom stereocenters. The van der Waals surface area contributed by atoms with Gasteiger partial charge in [0.1, 0.15) is 0 Å². The normalized spacial score (nSPS) is 13.3. The summed E-state index contributed by atoms with van der Waals surface area (Å²) in [5.41, 5.74) is 3.20. The minimum absolute atomic E-state index is 0.0859. The molecular weight excluding hydrogens is 378 g/mol. The zero-order valence-corrected chi connectivity index (χ0v) is 16.9. The molecule has 1 atom stereocenters. The summed E-state index contributed by atoms with van der Waals surface area (Å²) in [6.07, 6.45) is 0.212. The van der Waals surface area contributed by atoms with Crippen molar-refractivity contribution in [1.29, 1.82) is 0 Å². The van der Waals surface area contributed by atoms with Crippen LogP contribution in [0.2, 0.25) is 0 Å². The number of fused-ring (bicyclic) bond motifs is 1. The van der Waals surface area contributed by atoms with E-state index in [1.807, 2.05) is 61.5 Å². The lowest BCUT2D eigenvalue weighted by atomic mass is 9.95. The molecule has 1 N–H and O–H groups in total. The van der Waals surface area contributed by atoms with E-state index in [1.54, 1.807) is 0 Å². The summed E-state index contributed by atoms with van der Waals surface area (Å²) < 4.78 is 16.2. The Kier molecular flexibility index (Phi) is 6.30. The van der Waals surface area contributed by atoms with Gasteiger partial charge in [0.25, 0.3) is 0 Å². The highest BCUT2D eigenvalue weighted by atomic mass is 16.7. The third kappa shape index (κ3) is 4.63. The van der Waals surface area contributed by atoms with Crippen LogP contribution in [-0.2, 0) is 9.53 Å². The maximum atomic E-state index is 12.4. The molecule has 1 heterocycles. The van der Waals surface area contributed by atoms with Crippen molar-refractivity contribution in [2.75, 3.05) is 13.4 Å². The van der Waals surface area contributed by atoms with E-state index in [2.05, 4.69) is 29.6 Å². The summed E-state index contributed by atoms with van der Waals surface area (Å²) in [5, 5.41) is 3.69. The number of carbonyl (C=O) groups is 1. The lowest BCUT2D eigenvalue weighted by Gasteiger charge is -2.27. The first-order valence-corrected chi connectivity index (χ1v) is 10.2. The van der Waals surface area contributed by atoms with Crippen molar-refractivity contribution in [3.8, 4) is 11.5 Å². The molecule has 0 bridgehead atoms. The Balaban J connectivity index is 1.68. The van der Waals surface area contributed by atoms with Crippen LogP contribution in [0.5, 0.6) is 11.5 Å². The molecule has 5 heteroatoms. The molecule has 0 amide bonds. The molecular formula is C25H25NO4. The third-order valence-electron chi connectivity index (χ3n) is 5.11. The molecule has 3 aromatic rings. The van der Waals surface area contributed by atoms with Gasteiger partial charge in [-0.25, -0.2) is 0 Å². The summed E-state index contributed by atoms with van der Waals surface area (Å²) >= 11 is 0. The average Bonchev–Trinajstić information content (AvgIpc) is 3.26. The first-order valence-electron chi connectivity index (χ1n) is 10.2. The molecule has 1 aliphatic rings. The first kappa shape index (κ1) is 20.0. The van der Waals surface area contributed by atoms with Crippen LogP contribution in [0.15, 0.2) is 78.9 Å². The van der Waals surface area contributed by atoms with Crippen LogP contribution in [0.3, 0.4) is 0 Å². The van der Waals surface area contributed by atoms with Gasteiger partial charge in [0.15, 0.2) is 11.5 Å². The van der Waals surface area contributed by atoms with E-state index in [9.17, 15) is 4.79 Å². The number of rotatable bonds is 8. The molecule has 3 aromatic carbocycles. The summed E-state index contributed by atoms with van der Waals surface area (Å²) in [7, 11) is 0. The summed E-state index contributed by atoms with van der Waals surface area (Å²) in [6.45, 7) is 2.39. The lowest BCUT2D eigenvalue weighted by molar-refractivity contribution is -0.143. The second kappa shape index (κ2) is 9.46. The number of nitrogens with one attached hydrogen (secondary N) is 1. The van der Waals surface area contributed by atoms with E-state index in [0.717, 1.165) is 22.4 Å². The number of esters is 1. The van der Waals surface area contributed by atoms with E-state index in [1.165, 1.54) is 0 Å². The molecule has 30 heavy (non-hydrogen) atoms. The Hall–Kier alpha value is -3.31. The average molecular weight is 403 g/mol. The van der Waals surface area contributed by atoms with Crippen molar-refractivity contribution in [3.05, 3.63) is 95.6 Å². The van der Waals surface area contributed by atoms with Gasteiger partial charge in [0, 0.05) is 6.04 Å². The number of hydrogen-bond donors (Lipinski definition) is 1. The fourth-order valence-corrected chi connectivity index (χ4v) is 3.67. The lowest BCUT2D eigenvalue weighted by Crippen LogP contribution is -2.29. The van der Waals surface area contributed by atoms with Gasteiger partial charge in [0.05, 0.1) is 19.1 Å². The minimum Gasteiger partial charge on any atom is -0.466 e. The first-order chi connectivity index (χ1) is 14.7. The van der Waals surface area contributed by atoms with Gasteiger partial charge in [-0.1, -0.05) is 66.7 Å². The summed E-state index contributed by atoms with van der Waals surface area (Å²) in [6, 6.07) is 25.9. The van der Waals surface area contributed by atoms with Crippen molar-refractivity contribution >= 4 is 5.97 Å². The number of ether oxygens (including phenoxy) is 3. The Bertz CT molecular complexity index is 935. The Morgan fingerprint density at radius 3 is 2.17 bits per heavy atom. The highest BCUT2D eigenvalue weighted by molar-refractivity contribution is 5.70. The van der Waals surface area contributed by atoms with Gasteiger partial charge >= 0.3 is 5.97 Å². The van der Waals surface area contributed by atoms with Crippen LogP contribution >= 0.6 is 0 Å². The van der Waals surface area contributed by atoms with E-state index >= 15 is 0 Å². The van der Waals surface area contributed by atoms with Crippen molar-refractivity contribution in [2.24, 2.45) is 0 Å².